The lowest BCUT2D eigenvalue weighted by Crippen LogP contribution is -2.10. The Morgan fingerprint density at radius 3 is 2.32 bits per heavy atom. The first kappa shape index (κ1) is 13.1. The van der Waals surface area contributed by atoms with E-state index < -0.39 is 11.9 Å². The normalized spacial score (nSPS) is 10.2. The zero-order valence-electron chi connectivity index (χ0n) is 9.76. The average Bonchev–Trinajstić information content (AvgIpc) is 2.38. The van der Waals surface area contributed by atoms with E-state index in [0.29, 0.717) is 21.7 Å². The summed E-state index contributed by atoms with van der Waals surface area (Å²) in [6, 6.07) is 11.1. The van der Waals surface area contributed by atoms with E-state index in [-0.39, 0.29) is 5.56 Å². The summed E-state index contributed by atoms with van der Waals surface area (Å²) in [6.45, 7) is 0. The molecule has 96 valence electrons. The SMILES string of the molecule is NC(=O)c1cccc(-c2cc(Cl)cc(C(=O)O)c2)c1. The first-order valence-corrected chi connectivity index (χ1v) is 5.79. The lowest BCUT2D eigenvalue weighted by Gasteiger charge is -2.06. The monoisotopic (exact) mass is 275 g/mol. The van der Waals surface area contributed by atoms with Crippen LogP contribution in [0, 0.1) is 0 Å². The quantitative estimate of drug-likeness (QED) is 0.904. The number of hydrogen-bond donors (Lipinski definition) is 2. The number of carboxylic acids is 1. The minimum Gasteiger partial charge on any atom is -0.478 e. The highest BCUT2D eigenvalue weighted by Crippen LogP contribution is 2.25. The fourth-order valence-electron chi connectivity index (χ4n) is 1.73. The highest BCUT2D eigenvalue weighted by atomic mass is 35.5. The smallest absolute Gasteiger partial charge is 0.335 e. The molecule has 0 unspecified atom stereocenters. The summed E-state index contributed by atoms with van der Waals surface area (Å²) in [5, 5.41) is 9.31. The van der Waals surface area contributed by atoms with Crippen LogP contribution in [0.1, 0.15) is 20.7 Å². The highest BCUT2D eigenvalue weighted by molar-refractivity contribution is 6.31. The van der Waals surface area contributed by atoms with Crippen LogP contribution >= 0.6 is 11.6 Å². The van der Waals surface area contributed by atoms with Gasteiger partial charge in [0.05, 0.1) is 5.56 Å². The fraction of sp³-hybridized carbons (Fsp3) is 0. The minimum absolute atomic E-state index is 0.0898. The highest BCUT2D eigenvalue weighted by Gasteiger charge is 2.09. The summed E-state index contributed by atoms with van der Waals surface area (Å²) in [7, 11) is 0. The van der Waals surface area contributed by atoms with Crippen molar-refractivity contribution in [2.75, 3.05) is 0 Å². The third-order valence-electron chi connectivity index (χ3n) is 2.63. The van der Waals surface area contributed by atoms with Crippen LogP contribution in [0.5, 0.6) is 0 Å². The van der Waals surface area contributed by atoms with Crippen molar-refractivity contribution in [3.8, 4) is 11.1 Å². The van der Waals surface area contributed by atoms with Gasteiger partial charge >= 0.3 is 5.97 Å². The topological polar surface area (TPSA) is 80.4 Å². The second kappa shape index (κ2) is 5.12. The number of carbonyl (C=O) groups is 2. The molecule has 3 N–H and O–H groups in total. The third kappa shape index (κ3) is 2.92. The number of nitrogens with two attached hydrogens (primary N) is 1. The molecule has 0 aliphatic rings. The molecule has 0 saturated heterocycles. The molecule has 0 atom stereocenters. The van der Waals surface area contributed by atoms with Crippen molar-refractivity contribution in [3.05, 3.63) is 58.6 Å². The lowest BCUT2D eigenvalue weighted by molar-refractivity contribution is 0.0696. The van der Waals surface area contributed by atoms with E-state index in [2.05, 4.69) is 0 Å². The number of hydrogen-bond acceptors (Lipinski definition) is 2. The molecule has 2 aromatic rings. The van der Waals surface area contributed by atoms with Gasteiger partial charge in [-0.05, 0) is 41.5 Å². The maximum Gasteiger partial charge on any atom is 0.335 e. The third-order valence-corrected chi connectivity index (χ3v) is 2.84. The van der Waals surface area contributed by atoms with Crippen LogP contribution in [0.25, 0.3) is 11.1 Å². The second-order valence-electron chi connectivity index (χ2n) is 3.98. The van der Waals surface area contributed by atoms with E-state index in [0.717, 1.165) is 0 Å². The van der Waals surface area contributed by atoms with Gasteiger partial charge in [-0.25, -0.2) is 4.79 Å². The number of carboxylic acid groups (broad SMARTS) is 1. The zero-order chi connectivity index (χ0) is 14.0. The Balaban J connectivity index is 2.55. The molecule has 1 amide bonds. The van der Waals surface area contributed by atoms with Gasteiger partial charge in [-0.3, -0.25) is 4.79 Å². The molecule has 2 aromatic carbocycles. The van der Waals surface area contributed by atoms with Gasteiger partial charge in [0.2, 0.25) is 5.91 Å². The van der Waals surface area contributed by atoms with Crippen molar-refractivity contribution in [2.45, 2.75) is 0 Å². The summed E-state index contributed by atoms with van der Waals surface area (Å²) < 4.78 is 0. The van der Waals surface area contributed by atoms with E-state index in [1.54, 1.807) is 30.3 Å². The summed E-state index contributed by atoms with van der Waals surface area (Å²) in [4.78, 5) is 22.1. The van der Waals surface area contributed by atoms with Gasteiger partial charge < -0.3 is 10.8 Å². The van der Waals surface area contributed by atoms with E-state index >= 15 is 0 Å². The molecule has 0 spiro atoms. The lowest BCUT2D eigenvalue weighted by atomic mass is 10.0. The van der Waals surface area contributed by atoms with E-state index in [1.807, 2.05) is 0 Å². The van der Waals surface area contributed by atoms with Crippen LogP contribution in [0.2, 0.25) is 5.02 Å². The molecular formula is C14H10ClNO3. The molecule has 4 nitrogen and oxygen atoms in total. The number of rotatable bonds is 3. The molecule has 0 fully saturated rings. The van der Waals surface area contributed by atoms with E-state index in [9.17, 15) is 9.59 Å². The Bertz CT molecular complexity index is 667. The summed E-state index contributed by atoms with van der Waals surface area (Å²) in [5.74, 6) is -1.60. The van der Waals surface area contributed by atoms with Crippen molar-refractivity contribution in [1.82, 2.24) is 0 Å². The van der Waals surface area contributed by atoms with Crippen molar-refractivity contribution in [3.63, 3.8) is 0 Å². The first-order chi connectivity index (χ1) is 8.97. The molecule has 0 radical (unpaired) electrons. The molecule has 0 aliphatic carbocycles. The van der Waals surface area contributed by atoms with Gasteiger partial charge in [-0.15, -0.1) is 0 Å². The average molecular weight is 276 g/mol. The number of halogens is 1. The van der Waals surface area contributed by atoms with Gasteiger partial charge in [0.1, 0.15) is 0 Å². The van der Waals surface area contributed by atoms with Gasteiger partial charge in [0.15, 0.2) is 0 Å². The second-order valence-corrected chi connectivity index (χ2v) is 4.42. The van der Waals surface area contributed by atoms with Crippen molar-refractivity contribution >= 4 is 23.5 Å². The maximum atomic E-state index is 11.1. The standard InChI is InChI=1S/C14H10ClNO3/c15-12-6-10(5-11(7-12)14(18)19)8-2-1-3-9(4-8)13(16)17/h1-7H,(H2,16,17)(H,18,19). The molecule has 19 heavy (non-hydrogen) atoms. The molecule has 2 rings (SSSR count). The van der Waals surface area contributed by atoms with Crippen LogP contribution in [-0.2, 0) is 0 Å². The largest absolute Gasteiger partial charge is 0.478 e. The van der Waals surface area contributed by atoms with Crippen molar-refractivity contribution in [1.29, 1.82) is 0 Å². The summed E-state index contributed by atoms with van der Waals surface area (Å²) >= 11 is 5.89. The number of carbonyl (C=O) groups excluding carboxylic acids is 1. The molecule has 0 aromatic heterocycles. The minimum atomic E-state index is -1.06. The predicted molar refractivity (Wildman–Crippen MR) is 72.4 cm³/mol. The maximum absolute atomic E-state index is 11.1. The van der Waals surface area contributed by atoms with Crippen LogP contribution in [0.4, 0.5) is 0 Å². The molecule has 0 aliphatic heterocycles. The summed E-state index contributed by atoms with van der Waals surface area (Å²) in [5.41, 5.74) is 6.96. The van der Waals surface area contributed by atoms with E-state index in [1.165, 1.54) is 12.1 Å². The molecule has 0 saturated carbocycles. The Morgan fingerprint density at radius 1 is 1.00 bits per heavy atom. The van der Waals surface area contributed by atoms with Gasteiger partial charge in [-0.1, -0.05) is 23.7 Å². The fourth-order valence-corrected chi connectivity index (χ4v) is 1.97. The Labute approximate surface area is 114 Å². The predicted octanol–water partition coefficient (Wildman–Crippen LogP) is 2.80. The van der Waals surface area contributed by atoms with E-state index in [4.69, 9.17) is 22.4 Å². The molecule has 0 bridgehead atoms. The van der Waals surface area contributed by atoms with Gasteiger partial charge in [0, 0.05) is 10.6 Å². The van der Waals surface area contributed by atoms with Crippen molar-refractivity contribution < 1.29 is 14.7 Å². The number of amides is 1. The van der Waals surface area contributed by atoms with Gasteiger partial charge in [-0.2, -0.15) is 0 Å². The van der Waals surface area contributed by atoms with Crippen LogP contribution in [-0.4, -0.2) is 17.0 Å². The Morgan fingerprint density at radius 2 is 1.68 bits per heavy atom. The zero-order valence-corrected chi connectivity index (χ0v) is 10.5. The van der Waals surface area contributed by atoms with Crippen LogP contribution in [0.3, 0.4) is 0 Å². The molecule has 5 heteroatoms. The van der Waals surface area contributed by atoms with Crippen molar-refractivity contribution in [2.24, 2.45) is 5.73 Å². The van der Waals surface area contributed by atoms with Gasteiger partial charge in [0.25, 0.3) is 0 Å². The Kier molecular flexibility index (Phi) is 3.53. The molecular weight excluding hydrogens is 266 g/mol. The van der Waals surface area contributed by atoms with Crippen LogP contribution in [0.15, 0.2) is 42.5 Å². The summed E-state index contributed by atoms with van der Waals surface area (Å²) in [6.07, 6.45) is 0. The number of aromatic carboxylic acids is 1. The number of primary amides is 1. The first-order valence-electron chi connectivity index (χ1n) is 5.41. The number of benzene rings is 2. The Hall–Kier alpha value is -2.33. The van der Waals surface area contributed by atoms with Crippen LogP contribution < -0.4 is 5.73 Å². The molecule has 0 heterocycles.